The second kappa shape index (κ2) is 5.60. The molecule has 16 heavy (non-hydrogen) atoms. The number of hydrogen-bond acceptors (Lipinski definition) is 3. The van der Waals surface area contributed by atoms with Gasteiger partial charge >= 0.3 is 0 Å². The maximum absolute atomic E-state index is 9.88. The van der Waals surface area contributed by atoms with Crippen LogP contribution in [-0.4, -0.2) is 22.7 Å². The molecule has 1 aromatic rings. The Bertz CT molecular complexity index is 348. The molecule has 1 aliphatic heterocycles. The number of nitrogens with one attached hydrogen (secondary N) is 1. The largest absolute Gasteiger partial charge is 0.507 e. The zero-order chi connectivity index (χ0) is 11.4. The lowest BCUT2D eigenvalue weighted by Gasteiger charge is -2.23. The van der Waals surface area contributed by atoms with E-state index in [4.69, 9.17) is 0 Å². The van der Waals surface area contributed by atoms with Gasteiger partial charge < -0.3 is 10.4 Å². The maximum Gasteiger partial charge on any atom is 0.122 e. The van der Waals surface area contributed by atoms with Crippen LogP contribution in [0.4, 0.5) is 0 Å². The van der Waals surface area contributed by atoms with Crippen molar-refractivity contribution in [1.82, 2.24) is 5.32 Å². The molecule has 2 rings (SSSR count). The molecule has 1 heterocycles. The molecule has 88 valence electrons. The SMILES string of the molecule is Cc1cccc(CNC2CCSCC2)c1O. The van der Waals surface area contributed by atoms with Gasteiger partial charge in [-0.15, -0.1) is 0 Å². The lowest BCUT2D eigenvalue weighted by Crippen LogP contribution is -2.32. The van der Waals surface area contributed by atoms with E-state index < -0.39 is 0 Å². The zero-order valence-electron chi connectivity index (χ0n) is 9.70. The quantitative estimate of drug-likeness (QED) is 0.848. The molecule has 0 unspecified atom stereocenters. The molecule has 2 nitrogen and oxygen atoms in total. The van der Waals surface area contributed by atoms with Crippen molar-refractivity contribution in [3.63, 3.8) is 0 Å². The predicted octanol–water partition coefficient (Wildman–Crippen LogP) is 2.69. The number of phenols is 1. The Morgan fingerprint density at radius 2 is 2.12 bits per heavy atom. The number of benzene rings is 1. The van der Waals surface area contributed by atoms with Gasteiger partial charge in [0.2, 0.25) is 0 Å². The molecule has 1 aliphatic rings. The van der Waals surface area contributed by atoms with E-state index in [9.17, 15) is 5.11 Å². The van der Waals surface area contributed by atoms with E-state index in [0.717, 1.165) is 17.7 Å². The van der Waals surface area contributed by atoms with Crippen LogP contribution in [0.1, 0.15) is 24.0 Å². The first-order valence-electron chi connectivity index (χ1n) is 5.86. The Balaban J connectivity index is 1.91. The molecule has 0 radical (unpaired) electrons. The first kappa shape index (κ1) is 11.8. The van der Waals surface area contributed by atoms with Crippen LogP contribution < -0.4 is 5.32 Å². The van der Waals surface area contributed by atoms with Gasteiger partial charge in [-0.2, -0.15) is 11.8 Å². The second-order valence-electron chi connectivity index (χ2n) is 4.35. The van der Waals surface area contributed by atoms with Crippen LogP contribution in [0.5, 0.6) is 5.75 Å². The van der Waals surface area contributed by atoms with Gasteiger partial charge in [0.25, 0.3) is 0 Å². The van der Waals surface area contributed by atoms with Crippen LogP contribution in [0.2, 0.25) is 0 Å². The van der Waals surface area contributed by atoms with Crippen molar-refractivity contribution in [2.75, 3.05) is 11.5 Å². The molecule has 1 saturated heterocycles. The maximum atomic E-state index is 9.88. The Hall–Kier alpha value is -0.670. The highest BCUT2D eigenvalue weighted by atomic mass is 32.2. The summed E-state index contributed by atoms with van der Waals surface area (Å²) in [5.74, 6) is 2.97. The van der Waals surface area contributed by atoms with Crippen molar-refractivity contribution >= 4 is 11.8 Å². The molecular weight excluding hydrogens is 218 g/mol. The highest BCUT2D eigenvalue weighted by Crippen LogP contribution is 2.22. The van der Waals surface area contributed by atoms with E-state index in [1.165, 1.54) is 24.3 Å². The van der Waals surface area contributed by atoms with Crippen molar-refractivity contribution in [2.24, 2.45) is 0 Å². The fraction of sp³-hybridized carbons (Fsp3) is 0.538. The average molecular weight is 237 g/mol. The first-order valence-corrected chi connectivity index (χ1v) is 7.01. The molecule has 1 fully saturated rings. The van der Waals surface area contributed by atoms with E-state index >= 15 is 0 Å². The number of thioether (sulfide) groups is 1. The number of rotatable bonds is 3. The van der Waals surface area contributed by atoms with Gasteiger partial charge in [0, 0.05) is 18.2 Å². The number of phenolic OH excluding ortho intramolecular Hbond substituents is 1. The summed E-state index contributed by atoms with van der Waals surface area (Å²) in [7, 11) is 0. The van der Waals surface area contributed by atoms with Gasteiger partial charge in [-0.1, -0.05) is 18.2 Å². The van der Waals surface area contributed by atoms with Crippen LogP contribution in [0, 0.1) is 6.92 Å². The molecule has 3 heteroatoms. The highest BCUT2D eigenvalue weighted by molar-refractivity contribution is 7.99. The Kier molecular flexibility index (Phi) is 4.13. The van der Waals surface area contributed by atoms with Crippen molar-refractivity contribution in [3.05, 3.63) is 29.3 Å². The van der Waals surface area contributed by atoms with Crippen LogP contribution in [0.15, 0.2) is 18.2 Å². The fourth-order valence-corrected chi connectivity index (χ4v) is 3.12. The first-order chi connectivity index (χ1) is 7.77. The van der Waals surface area contributed by atoms with E-state index in [1.807, 2.05) is 36.9 Å². The second-order valence-corrected chi connectivity index (χ2v) is 5.57. The third kappa shape index (κ3) is 2.92. The number of para-hydroxylation sites is 1. The Labute approximate surface area is 101 Å². The fourth-order valence-electron chi connectivity index (χ4n) is 2.02. The van der Waals surface area contributed by atoms with Gasteiger partial charge in [0.1, 0.15) is 5.75 Å². The lowest BCUT2D eigenvalue weighted by atomic mass is 10.1. The summed E-state index contributed by atoms with van der Waals surface area (Å²) in [5.41, 5.74) is 1.97. The normalized spacial score (nSPS) is 17.6. The highest BCUT2D eigenvalue weighted by Gasteiger charge is 2.13. The summed E-state index contributed by atoms with van der Waals surface area (Å²) in [5, 5.41) is 13.4. The monoisotopic (exact) mass is 237 g/mol. The molecule has 0 spiro atoms. The van der Waals surface area contributed by atoms with Gasteiger partial charge in [0.15, 0.2) is 0 Å². The van der Waals surface area contributed by atoms with Crippen LogP contribution in [-0.2, 0) is 6.54 Å². The predicted molar refractivity (Wildman–Crippen MR) is 70.0 cm³/mol. The summed E-state index contributed by atoms with van der Waals surface area (Å²) in [6.45, 7) is 2.72. The van der Waals surface area contributed by atoms with Crippen LogP contribution >= 0.6 is 11.8 Å². The molecule has 2 N–H and O–H groups in total. The van der Waals surface area contributed by atoms with E-state index in [-0.39, 0.29) is 0 Å². The smallest absolute Gasteiger partial charge is 0.122 e. The lowest BCUT2D eigenvalue weighted by molar-refractivity contribution is 0.444. The van der Waals surface area contributed by atoms with Gasteiger partial charge in [0.05, 0.1) is 0 Å². The Morgan fingerprint density at radius 1 is 1.38 bits per heavy atom. The Morgan fingerprint density at radius 3 is 2.88 bits per heavy atom. The summed E-state index contributed by atoms with van der Waals surface area (Å²) in [6, 6.07) is 6.56. The van der Waals surface area contributed by atoms with E-state index in [0.29, 0.717) is 11.8 Å². The summed E-state index contributed by atoms with van der Waals surface area (Å²) in [4.78, 5) is 0. The number of hydrogen-bond donors (Lipinski definition) is 2. The van der Waals surface area contributed by atoms with Gasteiger partial charge in [-0.3, -0.25) is 0 Å². The van der Waals surface area contributed by atoms with Gasteiger partial charge in [-0.25, -0.2) is 0 Å². The minimum Gasteiger partial charge on any atom is -0.507 e. The molecule has 0 saturated carbocycles. The van der Waals surface area contributed by atoms with E-state index in [2.05, 4.69) is 5.32 Å². The standard InChI is InChI=1S/C13H19NOS/c1-10-3-2-4-11(13(10)15)9-14-12-5-7-16-8-6-12/h2-4,12,14-15H,5-9H2,1H3. The van der Waals surface area contributed by atoms with Crippen molar-refractivity contribution in [3.8, 4) is 5.75 Å². The molecule has 0 amide bonds. The number of aromatic hydroxyl groups is 1. The molecule has 0 aliphatic carbocycles. The zero-order valence-corrected chi connectivity index (χ0v) is 10.5. The minimum atomic E-state index is 0.445. The molecule has 0 bridgehead atoms. The molecule has 1 aromatic carbocycles. The molecule has 0 atom stereocenters. The third-order valence-corrected chi connectivity index (χ3v) is 4.17. The van der Waals surface area contributed by atoms with Crippen molar-refractivity contribution in [2.45, 2.75) is 32.4 Å². The number of aryl methyl sites for hydroxylation is 1. The van der Waals surface area contributed by atoms with Gasteiger partial charge in [-0.05, 0) is 36.8 Å². The van der Waals surface area contributed by atoms with E-state index in [1.54, 1.807) is 0 Å². The minimum absolute atomic E-state index is 0.445. The topological polar surface area (TPSA) is 32.3 Å². The van der Waals surface area contributed by atoms with Crippen LogP contribution in [0.3, 0.4) is 0 Å². The van der Waals surface area contributed by atoms with Crippen LogP contribution in [0.25, 0.3) is 0 Å². The van der Waals surface area contributed by atoms with Crippen molar-refractivity contribution < 1.29 is 5.11 Å². The molecular formula is C13H19NOS. The third-order valence-electron chi connectivity index (χ3n) is 3.12. The average Bonchev–Trinajstić information content (AvgIpc) is 2.32. The summed E-state index contributed by atoms with van der Waals surface area (Å²) in [6.07, 6.45) is 2.49. The summed E-state index contributed by atoms with van der Waals surface area (Å²) >= 11 is 2.04. The molecule has 0 aromatic heterocycles. The van der Waals surface area contributed by atoms with Crippen molar-refractivity contribution in [1.29, 1.82) is 0 Å². The summed E-state index contributed by atoms with van der Waals surface area (Å²) < 4.78 is 0.